The summed E-state index contributed by atoms with van der Waals surface area (Å²) in [5, 5.41) is 2.41. The van der Waals surface area contributed by atoms with Crippen molar-refractivity contribution in [1.82, 2.24) is 10.2 Å². The Labute approximate surface area is 93.4 Å². The summed E-state index contributed by atoms with van der Waals surface area (Å²) in [5.41, 5.74) is 6.00. The molecule has 3 N–H and O–H groups in total. The molecule has 0 radical (unpaired) electrons. The molecular formula is C10H15N3O3. The molecule has 88 valence electrons. The maximum Gasteiger partial charge on any atom is 0.242 e. The van der Waals surface area contributed by atoms with E-state index < -0.39 is 0 Å². The van der Waals surface area contributed by atoms with E-state index in [4.69, 9.17) is 10.2 Å². The first-order valence-electron chi connectivity index (χ1n) is 4.85. The molecule has 0 aliphatic carbocycles. The zero-order valence-corrected chi connectivity index (χ0v) is 9.10. The smallest absolute Gasteiger partial charge is 0.242 e. The molecule has 2 amide bonds. The molecule has 0 atom stereocenters. The first kappa shape index (κ1) is 12.3. The van der Waals surface area contributed by atoms with E-state index in [0.717, 1.165) is 5.56 Å². The molecule has 6 heteroatoms. The fraction of sp³-hybridized carbons (Fsp3) is 0.400. The molecule has 1 aromatic heterocycles. The van der Waals surface area contributed by atoms with Gasteiger partial charge in [0.1, 0.15) is 0 Å². The fourth-order valence-electron chi connectivity index (χ4n) is 1.13. The number of amides is 2. The van der Waals surface area contributed by atoms with E-state index in [1.165, 1.54) is 4.90 Å². The summed E-state index contributed by atoms with van der Waals surface area (Å²) in [6, 6.07) is 1.78. The van der Waals surface area contributed by atoms with E-state index >= 15 is 0 Å². The van der Waals surface area contributed by atoms with Crippen molar-refractivity contribution in [1.29, 1.82) is 0 Å². The third kappa shape index (κ3) is 3.74. The molecule has 0 saturated carbocycles. The lowest BCUT2D eigenvalue weighted by atomic mass is 10.3. The highest BCUT2D eigenvalue weighted by Crippen LogP contribution is 2.03. The summed E-state index contributed by atoms with van der Waals surface area (Å²) in [6.45, 7) is 0.303. The van der Waals surface area contributed by atoms with Gasteiger partial charge in [0.25, 0.3) is 0 Å². The normalized spacial score (nSPS) is 9.88. The monoisotopic (exact) mass is 225 g/mol. The predicted molar refractivity (Wildman–Crippen MR) is 57.2 cm³/mol. The molecular weight excluding hydrogens is 210 g/mol. The average Bonchev–Trinajstić information content (AvgIpc) is 2.77. The van der Waals surface area contributed by atoms with Crippen LogP contribution >= 0.6 is 0 Å². The van der Waals surface area contributed by atoms with Gasteiger partial charge in [-0.05, 0) is 6.07 Å². The molecule has 0 unspecified atom stereocenters. The number of furan rings is 1. The summed E-state index contributed by atoms with van der Waals surface area (Å²) in [4.78, 5) is 23.9. The van der Waals surface area contributed by atoms with Crippen molar-refractivity contribution >= 4 is 11.8 Å². The van der Waals surface area contributed by atoms with Crippen LogP contribution in [0.2, 0.25) is 0 Å². The Balaban J connectivity index is 2.33. The number of carbonyl (C=O) groups is 2. The number of likely N-dealkylation sites (N-methyl/N-ethyl adjacent to an activating group) is 1. The standard InChI is InChI=1S/C10H15N3O3/c1-13(6-8-2-3-16-7-8)10(15)5-12-9(14)4-11/h2-3,7H,4-6,11H2,1H3,(H,12,14). The first-order valence-corrected chi connectivity index (χ1v) is 4.85. The number of hydrogen-bond acceptors (Lipinski definition) is 4. The van der Waals surface area contributed by atoms with Crippen LogP contribution in [0.15, 0.2) is 23.0 Å². The number of hydrogen-bond donors (Lipinski definition) is 2. The minimum atomic E-state index is -0.343. The number of nitrogens with two attached hydrogens (primary N) is 1. The SMILES string of the molecule is CN(Cc1ccoc1)C(=O)CNC(=O)CN. The van der Waals surface area contributed by atoms with Crippen LogP contribution in [0.4, 0.5) is 0 Å². The van der Waals surface area contributed by atoms with E-state index in [2.05, 4.69) is 5.32 Å². The topological polar surface area (TPSA) is 88.6 Å². The van der Waals surface area contributed by atoms with Gasteiger partial charge in [-0.15, -0.1) is 0 Å². The summed E-state index contributed by atoms with van der Waals surface area (Å²) in [6.07, 6.45) is 3.12. The van der Waals surface area contributed by atoms with Gasteiger partial charge in [-0.25, -0.2) is 0 Å². The molecule has 1 heterocycles. The second kappa shape index (κ2) is 5.92. The van der Waals surface area contributed by atoms with Gasteiger partial charge in [0.05, 0.1) is 25.6 Å². The zero-order chi connectivity index (χ0) is 12.0. The highest BCUT2D eigenvalue weighted by Gasteiger charge is 2.10. The zero-order valence-electron chi connectivity index (χ0n) is 9.10. The maximum absolute atomic E-state index is 11.5. The Morgan fingerprint density at radius 3 is 2.88 bits per heavy atom. The van der Waals surface area contributed by atoms with Crippen LogP contribution < -0.4 is 11.1 Å². The summed E-state index contributed by atoms with van der Waals surface area (Å²) < 4.78 is 4.89. The van der Waals surface area contributed by atoms with Crippen LogP contribution in [0, 0.1) is 0 Å². The van der Waals surface area contributed by atoms with E-state index in [9.17, 15) is 9.59 Å². The Kier molecular flexibility index (Phi) is 4.53. The van der Waals surface area contributed by atoms with Gasteiger partial charge in [-0.2, -0.15) is 0 Å². The molecule has 0 aliphatic rings. The summed E-state index contributed by atoms with van der Waals surface area (Å²) in [7, 11) is 1.66. The number of nitrogens with one attached hydrogen (secondary N) is 1. The molecule has 0 aromatic carbocycles. The van der Waals surface area contributed by atoms with E-state index in [-0.39, 0.29) is 24.9 Å². The highest BCUT2D eigenvalue weighted by molar-refractivity contribution is 5.85. The van der Waals surface area contributed by atoms with Crippen molar-refractivity contribution in [3.63, 3.8) is 0 Å². The quantitative estimate of drug-likeness (QED) is 0.694. The van der Waals surface area contributed by atoms with Crippen LogP contribution in [0.1, 0.15) is 5.56 Å². The van der Waals surface area contributed by atoms with Crippen LogP contribution in [-0.2, 0) is 16.1 Å². The molecule has 0 saturated heterocycles. The lowest BCUT2D eigenvalue weighted by molar-refractivity contribution is -0.131. The molecule has 6 nitrogen and oxygen atoms in total. The number of rotatable bonds is 5. The van der Waals surface area contributed by atoms with Crippen molar-refractivity contribution < 1.29 is 14.0 Å². The lowest BCUT2D eigenvalue weighted by Crippen LogP contribution is -2.40. The molecule has 0 spiro atoms. The van der Waals surface area contributed by atoms with E-state index in [1.54, 1.807) is 25.6 Å². The second-order valence-corrected chi connectivity index (χ2v) is 3.36. The van der Waals surface area contributed by atoms with Crippen molar-refractivity contribution in [3.05, 3.63) is 24.2 Å². The van der Waals surface area contributed by atoms with Crippen LogP contribution in [0.3, 0.4) is 0 Å². The fourth-order valence-corrected chi connectivity index (χ4v) is 1.13. The largest absolute Gasteiger partial charge is 0.472 e. The van der Waals surface area contributed by atoms with Crippen molar-refractivity contribution in [3.8, 4) is 0 Å². The Bertz CT molecular complexity index is 348. The minimum absolute atomic E-state index is 0.0373. The highest BCUT2D eigenvalue weighted by atomic mass is 16.3. The van der Waals surface area contributed by atoms with E-state index in [0.29, 0.717) is 6.54 Å². The Morgan fingerprint density at radius 2 is 2.31 bits per heavy atom. The van der Waals surface area contributed by atoms with Gasteiger partial charge < -0.3 is 20.4 Å². The summed E-state index contributed by atoms with van der Waals surface area (Å²) in [5.74, 6) is -0.520. The third-order valence-corrected chi connectivity index (χ3v) is 2.05. The van der Waals surface area contributed by atoms with Gasteiger partial charge >= 0.3 is 0 Å². The van der Waals surface area contributed by atoms with Gasteiger partial charge in [-0.1, -0.05) is 0 Å². The summed E-state index contributed by atoms with van der Waals surface area (Å²) >= 11 is 0. The number of carbonyl (C=O) groups excluding carboxylic acids is 2. The molecule has 1 aromatic rings. The van der Waals surface area contributed by atoms with Crippen LogP contribution in [0.25, 0.3) is 0 Å². The van der Waals surface area contributed by atoms with Crippen LogP contribution in [-0.4, -0.2) is 36.9 Å². The van der Waals surface area contributed by atoms with Crippen molar-refractivity contribution in [2.75, 3.05) is 20.1 Å². The van der Waals surface area contributed by atoms with Crippen molar-refractivity contribution in [2.45, 2.75) is 6.54 Å². The molecule has 0 bridgehead atoms. The number of nitrogens with zero attached hydrogens (tertiary/aromatic N) is 1. The van der Waals surface area contributed by atoms with Crippen LogP contribution in [0.5, 0.6) is 0 Å². The molecule has 0 aliphatic heterocycles. The van der Waals surface area contributed by atoms with E-state index in [1.807, 2.05) is 0 Å². The minimum Gasteiger partial charge on any atom is -0.472 e. The Hall–Kier alpha value is -1.82. The molecule has 0 fully saturated rings. The molecule has 16 heavy (non-hydrogen) atoms. The molecule has 1 rings (SSSR count). The predicted octanol–water partition coefficient (Wildman–Crippen LogP) is -0.687. The van der Waals surface area contributed by atoms with Gasteiger partial charge in [0, 0.05) is 19.2 Å². The third-order valence-electron chi connectivity index (χ3n) is 2.05. The van der Waals surface area contributed by atoms with Gasteiger partial charge in [0.2, 0.25) is 11.8 Å². The van der Waals surface area contributed by atoms with Crippen molar-refractivity contribution in [2.24, 2.45) is 5.73 Å². The van der Waals surface area contributed by atoms with Gasteiger partial charge in [0.15, 0.2) is 0 Å². The average molecular weight is 225 g/mol. The Morgan fingerprint density at radius 1 is 1.56 bits per heavy atom. The van der Waals surface area contributed by atoms with Gasteiger partial charge in [-0.3, -0.25) is 9.59 Å². The lowest BCUT2D eigenvalue weighted by Gasteiger charge is -2.16. The maximum atomic E-state index is 11.5. The second-order valence-electron chi connectivity index (χ2n) is 3.36. The first-order chi connectivity index (χ1) is 7.63.